The normalized spacial score (nSPS) is 11.7. The summed E-state index contributed by atoms with van der Waals surface area (Å²) in [6.45, 7) is 1.90. The average molecular weight is 196 g/mol. The molecule has 0 aliphatic carbocycles. The molecule has 0 bridgehead atoms. The molecule has 0 unspecified atom stereocenters. The van der Waals surface area contributed by atoms with E-state index in [-0.39, 0.29) is 12.4 Å². The third-order valence-electron chi connectivity index (χ3n) is 1.23. The molecule has 68 valence electrons. The van der Waals surface area contributed by atoms with Crippen molar-refractivity contribution in [2.75, 3.05) is 6.61 Å². The third kappa shape index (κ3) is 1.91. The van der Waals surface area contributed by atoms with Gasteiger partial charge in [-0.2, -0.15) is 13.2 Å². The maximum absolute atomic E-state index is 12.1. The van der Waals surface area contributed by atoms with Gasteiger partial charge in [-0.05, 0) is 6.92 Å². The van der Waals surface area contributed by atoms with Gasteiger partial charge in [-0.25, -0.2) is 0 Å². The zero-order valence-electron chi connectivity index (χ0n) is 6.31. The molecule has 0 radical (unpaired) electrons. The molecule has 0 aromatic carbocycles. The summed E-state index contributed by atoms with van der Waals surface area (Å²) in [7, 11) is 0. The minimum Gasteiger partial charge on any atom is -0.492 e. The fourth-order valence-corrected chi connectivity index (χ4v) is 1.53. The Bertz CT molecular complexity index is 253. The van der Waals surface area contributed by atoms with Crippen LogP contribution in [0, 0.1) is 0 Å². The molecule has 1 heterocycles. The predicted molar refractivity (Wildman–Crippen MR) is 40.5 cm³/mol. The molecule has 0 atom stereocenters. The van der Waals surface area contributed by atoms with E-state index < -0.39 is 11.7 Å². The fraction of sp³-hybridized carbons (Fsp3) is 0.429. The zero-order chi connectivity index (χ0) is 9.19. The average Bonchev–Trinajstić information content (AvgIpc) is 2.34. The van der Waals surface area contributed by atoms with Crippen LogP contribution in [0.2, 0.25) is 0 Å². The number of ether oxygens (including phenoxy) is 1. The van der Waals surface area contributed by atoms with Gasteiger partial charge in [-0.1, -0.05) is 0 Å². The summed E-state index contributed by atoms with van der Waals surface area (Å²) in [6.07, 6.45) is -4.30. The van der Waals surface area contributed by atoms with Crippen LogP contribution in [0.5, 0.6) is 5.75 Å². The quantitative estimate of drug-likeness (QED) is 0.705. The van der Waals surface area contributed by atoms with Crippen LogP contribution in [0.15, 0.2) is 10.8 Å². The number of hydrogen-bond acceptors (Lipinski definition) is 2. The highest BCUT2D eigenvalue weighted by Gasteiger charge is 2.34. The van der Waals surface area contributed by atoms with Gasteiger partial charge in [0.1, 0.15) is 11.3 Å². The number of alkyl halides is 3. The van der Waals surface area contributed by atoms with Crippen molar-refractivity contribution >= 4 is 11.3 Å². The number of thiophene rings is 1. The first-order valence-corrected chi connectivity index (χ1v) is 4.26. The molecule has 0 saturated carbocycles. The van der Waals surface area contributed by atoms with E-state index in [4.69, 9.17) is 4.74 Å². The molecule has 0 aliphatic rings. The van der Waals surface area contributed by atoms with Crippen molar-refractivity contribution in [3.8, 4) is 5.75 Å². The summed E-state index contributed by atoms with van der Waals surface area (Å²) in [6, 6.07) is 0. The molecule has 1 aromatic rings. The van der Waals surface area contributed by atoms with E-state index in [2.05, 4.69) is 0 Å². The van der Waals surface area contributed by atoms with Gasteiger partial charge in [0, 0.05) is 10.8 Å². The van der Waals surface area contributed by atoms with Crippen molar-refractivity contribution in [3.63, 3.8) is 0 Å². The Morgan fingerprint density at radius 1 is 1.42 bits per heavy atom. The number of rotatable bonds is 2. The Morgan fingerprint density at radius 2 is 2.08 bits per heavy atom. The van der Waals surface area contributed by atoms with Crippen LogP contribution < -0.4 is 4.74 Å². The van der Waals surface area contributed by atoms with Gasteiger partial charge in [-0.15, -0.1) is 11.3 Å². The van der Waals surface area contributed by atoms with Gasteiger partial charge in [-0.3, -0.25) is 0 Å². The van der Waals surface area contributed by atoms with Crippen molar-refractivity contribution in [2.45, 2.75) is 13.1 Å². The topological polar surface area (TPSA) is 9.23 Å². The first-order chi connectivity index (χ1) is 5.55. The van der Waals surface area contributed by atoms with Crippen LogP contribution in [0.4, 0.5) is 13.2 Å². The lowest BCUT2D eigenvalue weighted by molar-refractivity contribution is -0.138. The summed E-state index contributed by atoms with van der Waals surface area (Å²) >= 11 is 0.988. The van der Waals surface area contributed by atoms with Crippen LogP contribution in [-0.2, 0) is 6.18 Å². The minimum absolute atomic E-state index is 0.0741. The standard InChI is InChI=1S/C7H7F3OS/c1-2-11-6-4-12-3-5(6)7(8,9)10/h3-4H,2H2,1H3. The maximum atomic E-state index is 12.1. The van der Waals surface area contributed by atoms with E-state index in [1.54, 1.807) is 6.92 Å². The van der Waals surface area contributed by atoms with Crippen LogP contribution in [0.1, 0.15) is 12.5 Å². The SMILES string of the molecule is CCOc1cscc1C(F)(F)F. The van der Waals surface area contributed by atoms with Gasteiger partial charge < -0.3 is 4.74 Å². The molecule has 1 rings (SSSR count). The van der Waals surface area contributed by atoms with Gasteiger partial charge in [0.15, 0.2) is 0 Å². The van der Waals surface area contributed by atoms with Gasteiger partial charge in [0.25, 0.3) is 0 Å². The molecule has 0 saturated heterocycles. The highest BCUT2D eigenvalue weighted by Crippen LogP contribution is 2.38. The summed E-state index contributed by atoms with van der Waals surface area (Å²) in [5.41, 5.74) is -0.686. The molecule has 5 heteroatoms. The smallest absolute Gasteiger partial charge is 0.420 e. The molecule has 0 spiro atoms. The Labute approximate surface area is 71.8 Å². The van der Waals surface area contributed by atoms with Crippen LogP contribution in [0.3, 0.4) is 0 Å². The van der Waals surface area contributed by atoms with Gasteiger partial charge >= 0.3 is 6.18 Å². The van der Waals surface area contributed by atoms with Crippen molar-refractivity contribution < 1.29 is 17.9 Å². The maximum Gasteiger partial charge on any atom is 0.420 e. The van der Waals surface area contributed by atoms with E-state index in [0.717, 1.165) is 16.7 Å². The first kappa shape index (κ1) is 9.38. The van der Waals surface area contributed by atoms with Gasteiger partial charge in [0.05, 0.1) is 6.61 Å². The second-order valence-electron chi connectivity index (χ2n) is 2.08. The van der Waals surface area contributed by atoms with Crippen molar-refractivity contribution in [3.05, 3.63) is 16.3 Å². The first-order valence-electron chi connectivity index (χ1n) is 3.32. The Balaban J connectivity index is 2.91. The molecule has 1 aromatic heterocycles. The summed E-state index contributed by atoms with van der Waals surface area (Å²) in [5, 5.41) is 2.40. The van der Waals surface area contributed by atoms with Gasteiger partial charge in [0.2, 0.25) is 0 Å². The minimum atomic E-state index is -4.30. The molecule has 0 N–H and O–H groups in total. The van der Waals surface area contributed by atoms with Crippen molar-refractivity contribution in [2.24, 2.45) is 0 Å². The van der Waals surface area contributed by atoms with Crippen LogP contribution in [0.25, 0.3) is 0 Å². The fourth-order valence-electron chi connectivity index (χ4n) is 0.759. The molecule has 12 heavy (non-hydrogen) atoms. The molecule has 0 aliphatic heterocycles. The third-order valence-corrected chi connectivity index (χ3v) is 1.95. The monoisotopic (exact) mass is 196 g/mol. The Hall–Kier alpha value is -0.710. The van der Waals surface area contributed by atoms with Crippen LogP contribution in [-0.4, -0.2) is 6.61 Å². The highest BCUT2D eigenvalue weighted by atomic mass is 32.1. The van der Waals surface area contributed by atoms with E-state index in [9.17, 15) is 13.2 Å². The van der Waals surface area contributed by atoms with E-state index in [0.29, 0.717) is 0 Å². The zero-order valence-corrected chi connectivity index (χ0v) is 7.13. The lowest BCUT2D eigenvalue weighted by Gasteiger charge is -2.07. The number of halogens is 3. The Kier molecular flexibility index (Phi) is 2.62. The van der Waals surface area contributed by atoms with E-state index in [1.165, 1.54) is 5.38 Å². The van der Waals surface area contributed by atoms with Crippen LogP contribution >= 0.6 is 11.3 Å². The molecular formula is C7H7F3OS. The lowest BCUT2D eigenvalue weighted by atomic mass is 10.3. The van der Waals surface area contributed by atoms with E-state index in [1.807, 2.05) is 0 Å². The largest absolute Gasteiger partial charge is 0.492 e. The molecule has 0 fully saturated rings. The van der Waals surface area contributed by atoms with Crippen molar-refractivity contribution in [1.29, 1.82) is 0 Å². The molecular weight excluding hydrogens is 189 g/mol. The second kappa shape index (κ2) is 3.35. The molecule has 0 amide bonds. The highest BCUT2D eigenvalue weighted by molar-refractivity contribution is 7.08. The second-order valence-corrected chi connectivity index (χ2v) is 2.82. The molecule has 1 nitrogen and oxygen atoms in total. The summed E-state index contributed by atoms with van der Waals surface area (Å²) in [4.78, 5) is 0. The Morgan fingerprint density at radius 3 is 2.58 bits per heavy atom. The van der Waals surface area contributed by atoms with Crippen molar-refractivity contribution in [1.82, 2.24) is 0 Å². The summed E-state index contributed by atoms with van der Waals surface area (Å²) < 4.78 is 41.2. The lowest BCUT2D eigenvalue weighted by Crippen LogP contribution is -2.05. The van der Waals surface area contributed by atoms with E-state index >= 15 is 0 Å². The predicted octanol–water partition coefficient (Wildman–Crippen LogP) is 3.17. The summed E-state index contributed by atoms with van der Waals surface area (Å²) in [5.74, 6) is -0.0741. The number of hydrogen-bond donors (Lipinski definition) is 0.